The second-order valence-electron chi connectivity index (χ2n) is 5.60. The zero-order chi connectivity index (χ0) is 16.3. The van der Waals surface area contributed by atoms with Crippen molar-refractivity contribution in [3.05, 3.63) is 64.7 Å². The van der Waals surface area contributed by atoms with E-state index in [-0.39, 0.29) is 6.61 Å². The summed E-state index contributed by atoms with van der Waals surface area (Å²) in [7, 11) is 0. The van der Waals surface area contributed by atoms with Gasteiger partial charge in [0.15, 0.2) is 5.60 Å². The van der Waals surface area contributed by atoms with Gasteiger partial charge in [0.1, 0.15) is 12.4 Å². The molecule has 4 nitrogen and oxygen atoms in total. The molecule has 0 bridgehead atoms. The number of hydrogen-bond acceptors (Lipinski definition) is 3. The number of ether oxygens (including phenoxy) is 1. The molecule has 1 atom stereocenters. The van der Waals surface area contributed by atoms with Crippen molar-refractivity contribution in [2.45, 2.75) is 33.0 Å². The first-order valence-corrected chi connectivity index (χ1v) is 7.13. The maximum Gasteiger partial charge on any atom is 0.253 e. The maximum atomic E-state index is 11.5. The molecule has 116 valence electrons. The third-order valence-corrected chi connectivity index (χ3v) is 3.80. The van der Waals surface area contributed by atoms with Gasteiger partial charge < -0.3 is 15.6 Å². The zero-order valence-electron chi connectivity index (χ0n) is 13.1. The minimum Gasteiger partial charge on any atom is -0.488 e. The number of para-hydroxylation sites is 1. The number of benzene rings is 2. The van der Waals surface area contributed by atoms with E-state index in [9.17, 15) is 9.90 Å². The smallest absolute Gasteiger partial charge is 0.253 e. The molecule has 2 rings (SSSR count). The Morgan fingerprint density at radius 3 is 2.32 bits per heavy atom. The van der Waals surface area contributed by atoms with E-state index in [2.05, 4.69) is 0 Å². The van der Waals surface area contributed by atoms with Gasteiger partial charge in [-0.25, -0.2) is 0 Å². The van der Waals surface area contributed by atoms with E-state index in [1.54, 1.807) is 12.1 Å². The summed E-state index contributed by atoms with van der Waals surface area (Å²) < 4.78 is 5.91. The van der Waals surface area contributed by atoms with Crippen LogP contribution in [-0.4, -0.2) is 11.0 Å². The van der Waals surface area contributed by atoms with E-state index in [1.807, 2.05) is 44.2 Å². The highest BCUT2D eigenvalue weighted by Crippen LogP contribution is 2.27. The summed E-state index contributed by atoms with van der Waals surface area (Å²) in [5.41, 5.74) is 6.85. The number of primary amides is 1. The van der Waals surface area contributed by atoms with Crippen molar-refractivity contribution in [3.63, 3.8) is 0 Å². The summed E-state index contributed by atoms with van der Waals surface area (Å²) in [6.45, 7) is 5.61. The van der Waals surface area contributed by atoms with Gasteiger partial charge in [-0.2, -0.15) is 0 Å². The minimum absolute atomic E-state index is 0.255. The Balaban J connectivity index is 2.30. The highest BCUT2D eigenvalue weighted by molar-refractivity contribution is 5.84. The Labute approximate surface area is 130 Å². The molecule has 0 aliphatic rings. The summed E-state index contributed by atoms with van der Waals surface area (Å²) in [5.74, 6) is 0.0306. The number of rotatable bonds is 5. The largest absolute Gasteiger partial charge is 0.488 e. The van der Waals surface area contributed by atoms with E-state index in [0.717, 1.165) is 22.4 Å². The molecule has 0 aliphatic carbocycles. The molecule has 4 heteroatoms. The second kappa shape index (κ2) is 6.20. The first-order valence-electron chi connectivity index (χ1n) is 7.13. The van der Waals surface area contributed by atoms with Crippen LogP contribution in [0.15, 0.2) is 42.5 Å². The number of carbonyl (C=O) groups excluding carboxylic acids is 1. The van der Waals surface area contributed by atoms with Crippen LogP contribution in [0.3, 0.4) is 0 Å². The number of carbonyl (C=O) groups is 1. The third-order valence-electron chi connectivity index (χ3n) is 3.80. The molecule has 3 N–H and O–H groups in total. The fraction of sp³-hybridized carbons (Fsp3) is 0.278. The minimum atomic E-state index is -1.72. The molecule has 2 aromatic rings. The predicted molar refractivity (Wildman–Crippen MR) is 85.5 cm³/mol. The van der Waals surface area contributed by atoms with Crippen LogP contribution in [0.25, 0.3) is 0 Å². The highest BCUT2D eigenvalue weighted by atomic mass is 16.5. The molecule has 22 heavy (non-hydrogen) atoms. The Hall–Kier alpha value is -2.33. The lowest BCUT2D eigenvalue weighted by molar-refractivity contribution is -0.135. The van der Waals surface area contributed by atoms with Crippen molar-refractivity contribution in [1.82, 2.24) is 0 Å². The van der Waals surface area contributed by atoms with E-state index < -0.39 is 11.5 Å². The van der Waals surface area contributed by atoms with E-state index in [0.29, 0.717) is 5.56 Å². The van der Waals surface area contributed by atoms with Crippen LogP contribution in [0.4, 0.5) is 0 Å². The lowest BCUT2D eigenvalue weighted by atomic mass is 9.91. The molecule has 1 amide bonds. The van der Waals surface area contributed by atoms with Crippen molar-refractivity contribution in [3.8, 4) is 5.75 Å². The van der Waals surface area contributed by atoms with Crippen molar-refractivity contribution < 1.29 is 14.6 Å². The zero-order valence-corrected chi connectivity index (χ0v) is 13.1. The van der Waals surface area contributed by atoms with Crippen molar-refractivity contribution in [1.29, 1.82) is 0 Å². The Morgan fingerprint density at radius 2 is 1.73 bits per heavy atom. The average molecular weight is 299 g/mol. The molecule has 1 unspecified atom stereocenters. The fourth-order valence-electron chi connectivity index (χ4n) is 2.43. The molecule has 0 aliphatic heterocycles. The van der Waals surface area contributed by atoms with E-state index in [4.69, 9.17) is 10.5 Å². The van der Waals surface area contributed by atoms with E-state index >= 15 is 0 Å². The second-order valence-corrected chi connectivity index (χ2v) is 5.60. The van der Waals surface area contributed by atoms with Crippen LogP contribution in [0, 0.1) is 13.8 Å². The predicted octanol–water partition coefficient (Wildman–Crippen LogP) is 2.58. The van der Waals surface area contributed by atoms with Crippen LogP contribution < -0.4 is 10.5 Å². The van der Waals surface area contributed by atoms with Gasteiger partial charge >= 0.3 is 0 Å². The molecule has 0 fully saturated rings. The van der Waals surface area contributed by atoms with Gasteiger partial charge in [-0.1, -0.05) is 42.5 Å². The quantitative estimate of drug-likeness (QED) is 0.891. The normalized spacial score (nSPS) is 13.5. The first kappa shape index (κ1) is 16.0. The van der Waals surface area contributed by atoms with Gasteiger partial charge in [0.2, 0.25) is 0 Å². The molecule has 0 heterocycles. The lowest BCUT2D eigenvalue weighted by Gasteiger charge is -2.23. The molecule has 0 spiro atoms. The van der Waals surface area contributed by atoms with Crippen molar-refractivity contribution in [2.24, 2.45) is 5.73 Å². The number of nitrogens with two attached hydrogens (primary N) is 1. The van der Waals surface area contributed by atoms with Crippen LogP contribution in [0.2, 0.25) is 0 Å². The number of amides is 1. The molecule has 2 aromatic carbocycles. The van der Waals surface area contributed by atoms with Gasteiger partial charge in [0.05, 0.1) is 0 Å². The van der Waals surface area contributed by atoms with Crippen LogP contribution >= 0.6 is 0 Å². The van der Waals surface area contributed by atoms with Crippen molar-refractivity contribution in [2.75, 3.05) is 0 Å². The van der Waals surface area contributed by atoms with Gasteiger partial charge in [-0.05, 0) is 43.0 Å². The summed E-state index contributed by atoms with van der Waals surface area (Å²) >= 11 is 0. The van der Waals surface area contributed by atoms with Gasteiger partial charge in [0, 0.05) is 0 Å². The molecule has 0 saturated carbocycles. The monoisotopic (exact) mass is 299 g/mol. The highest BCUT2D eigenvalue weighted by Gasteiger charge is 2.32. The Morgan fingerprint density at radius 1 is 1.14 bits per heavy atom. The molecule has 0 radical (unpaired) electrons. The maximum absolute atomic E-state index is 11.5. The topological polar surface area (TPSA) is 72.6 Å². The van der Waals surface area contributed by atoms with Gasteiger partial charge in [-0.15, -0.1) is 0 Å². The van der Waals surface area contributed by atoms with Crippen LogP contribution in [0.5, 0.6) is 5.75 Å². The van der Waals surface area contributed by atoms with Gasteiger partial charge in [-0.3, -0.25) is 4.79 Å². The first-order chi connectivity index (χ1) is 10.3. The van der Waals surface area contributed by atoms with Crippen LogP contribution in [-0.2, 0) is 17.0 Å². The third kappa shape index (κ3) is 3.12. The van der Waals surface area contributed by atoms with Gasteiger partial charge in [0.25, 0.3) is 5.91 Å². The average Bonchev–Trinajstić information content (AvgIpc) is 2.47. The number of aryl methyl sites for hydroxylation is 2. The summed E-state index contributed by atoms with van der Waals surface area (Å²) in [5, 5.41) is 10.3. The molecule has 0 aromatic heterocycles. The van der Waals surface area contributed by atoms with Crippen LogP contribution in [0.1, 0.15) is 29.2 Å². The number of aliphatic hydroxyl groups is 1. The summed E-state index contributed by atoms with van der Waals surface area (Å²) in [4.78, 5) is 11.5. The number of hydrogen-bond donors (Lipinski definition) is 2. The summed E-state index contributed by atoms with van der Waals surface area (Å²) in [6.07, 6.45) is 0. The summed E-state index contributed by atoms with van der Waals surface area (Å²) in [6, 6.07) is 13.0. The SMILES string of the molecule is Cc1cccc(C)c1OCc1ccccc1C(C)(O)C(N)=O. The van der Waals surface area contributed by atoms with Crippen molar-refractivity contribution >= 4 is 5.91 Å². The van der Waals surface area contributed by atoms with E-state index in [1.165, 1.54) is 6.92 Å². The molecular formula is C18H21NO3. The molecular weight excluding hydrogens is 278 g/mol. The molecule has 0 saturated heterocycles. The standard InChI is InChI=1S/C18H21NO3/c1-12-7-6-8-13(2)16(12)22-11-14-9-4-5-10-15(14)18(3,21)17(19)20/h4-10,21H,11H2,1-3H3,(H2,19,20). The Bertz CT molecular complexity index is 672. The Kier molecular flexibility index (Phi) is 4.52. The lowest BCUT2D eigenvalue weighted by Crippen LogP contribution is -2.39. The fourth-order valence-corrected chi connectivity index (χ4v) is 2.43.